The Morgan fingerprint density at radius 2 is 2.00 bits per heavy atom. The molecule has 0 saturated heterocycles. The van der Waals surface area contributed by atoms with Crippen molar-refractivity contribution < 1.29 is 9.59 Å². The molecule has 0 spiro atoms. The van der Waals surface area contributed by atoms with Crippen molar-refractivity contribution in [1.82, 2.24) is 4.90 Å². The lowest BCUT2D eigenvalue weighted by molar-refractivity contribution is -0.117. The smallest absolute Gasteiger partial charge is 0.255 e. The largest absolute Gasteiger partial charge is 0.326 e. The lowest BCUT2D eigenvalue weighted by Gasteiger charge is -2.27. The van der Waals surface area contributed by atoms with Crippen molar-refractivity contribution in [2.24, 2.45) is 0 Å². The molecule has 28 heavy (non-hydrogen) atoms. The highest BCUT2D eigenvalue weighted by atomic mass is 35.5. The van der Waals surface area contributed by atoms with Crippen LogP contribution in [0, 0.1) is 6.92 Å². The maximum Gasteiger partial charge on any atom is 0.255 e. The molecule has 1 aliphatic rings. The van der Waals surface area contributed by atoms with Gasteiger partial charge in [-0.1, -0.05) is 41.9 Å². The highest BCUT2D eigenvalue weighted by molar-refractivity contribution is 7.10. The second-order valence-electron chi connectivity index (χ2n) is 6.79. The molecule has 1 atom stereocenters. The zero-order valence-electron chi connectivity index (χ0n) is 15.3. The minimum Gasteiger partial charge on any atom is -0.326 e. The first-order valence-corrected chi connectivity index (χ1v) is 10.3. The van der Waals surface area contributed by atoms with Crippen molar-refractivity contribution in [3.05, 3.63) is 86.6 Å². The quantitative estimate of drug-likeness (QED) is 0.609. The lowest BCUT2D eigenvalue weighted by atomic mass is 10.1. The van der Waals surface area contributed by atoms with Gasteiger partial charge >= 0.3 is 0 Å². The maximum atomic E-state index is 13.0. The van der Waals surface area contributed by atoms with Crippen LogP contribution in [0.2, 0.25) is 5.02 Å². The Hall–Kier alpha value is -2.63. The van der Waals surface area contributed by atoms with Crippen molar-refractivity contribution in [3.8, 4) is 0 Å². The first-order valence-electron chi connectivity index (χ1n) is 9.02. The van der Waals surface area contributed by atoms with Crippen LogP contribution in [0.4, 0.5) is 5.69 Å². The van der Waals surface area contributed by atoms with Crippen molar-refractivity contribution in [1.29, 1.82) is 0 Å². The summed E-state index contributed by atoms with van der Waals surface area (Å²) >= 11 is 7.71. The van der Waals surface area contributed by atoms with E-state index in [0.29, 0.717) is 17.3 Å². The Morgan fingerprint density at radius 3 is 2.75 bits per heavy atom. The van der Waals surface area contributed by atoms with Gasteiger partial charge in [-0.05, 0) is 47.7 Å². The molecule has 142 valence electrons. The number of carbonyl (C=O) groups is 2. The molecule has 0 fully saturated rings. The summed E-state index contributed by atoms with van der Waals surface area (Å²) in [5, 5.41) is 5.52. The molecule has 1 unspecified atom stereocenters. The number of rotatable bonds is 5. The van der Waals surface area contributed by atoms with Gasteiger partial charge < -0.3 is 10.2 Å². The molecule has 0 saturated carbocycles. The van der Waals surface area contributed by atoms with E-state index in [-0.39, 0.29) is 24.3 Å². The monoisotopic (exact) mass is 410 g/mol. The summed E-state index contributed by atoms with van der Waals surface area (Å²) < 4.78 is 0. The first kappa shape index (κ1) is 18.7. The number of benzene rings is 2. The number of nitrogens with zero attached hydrogens (tertiary/aromatic N) is 1. The second-order valence-corrected chi connectivity index (χ2v) is 8.17. The number of anilines is 1. The van der Waals surface area contributed by atoms with E-state index in [1.807, 2.05) is 60.8 Å². The standard InChI is InChI=1S/C22H19ClN2O2S/c1-14-17(23)8-4-9-18(14)24-21(26)12-19(20-10-5-11-28-20)25-13-15-6-2-3-7-16(15)22(25)27/h2-11,19H,12-13H2,1H3,(H,24,26). The number of amides is 2. The summed E-state index contributed by atoms with van der Waals surface area (Å²) in [5.41, 5.74) is 3.24. The highest BCUT2D eigenvalue weighted by Gasteiger charge is 2.34. The number of fused-ring (bicyclic) bond motifs is 1. The van der Waals surface area contributed by atoms with Crippen LogP contribution in [0.1, 0.15) is 38.8 Å². The topological polar surface area (TPSA) is 49.4 Å². The van der Waals surface area contributed by atoms with E-state index in [2.05, 4.69) is 5.32 Å². The second kappa shape index (κ2) is 7.78. The molecular formula is C22H19ClN2O2S. The number of carbonyl (C=O) groups excluding carboxylic acids is 2. The maximum absolute atomic E-state index is 13.0. The van der Waals surface area contributed by atoms with E-state index in [4.69, 9.17) is 11.6 Å². The van der Waals surface area contributed by atoms with Crippen LogP contribution in [-0.2, 0) is 11.3 Å². The number of hydrogen-bond donors (Lipinski definition) is 1. The Morgan fingerprint density at radius 1 is 1.18 bits per heavy atom. The fourth-order valence-electron chi connectivity index (χ4n) is 3.49. The summed E-state index contributed by atoms with van der Waals surface area (Å²) in [6.07, 6.45) is 0.187. The van der Waals surface area contributed by atoms with Gasteiger partial charge in [-0.3, -0.25) is 9.59 Å². The summed E-state index contributed by atoms with van der Waals surface area (Å²) in [7, 11) is 0. The van der Waals surface area contributed by atoms with Crippen LogP contribution in [0.3, 0.4) is 0 Å². The Balaban J connectivity index is 1.57. The molecule has 2 aromatic carbocycles. The van der Waals surface area contributed by atoms with Crippen LogP contribution < -0.4 is 5.32 Å². The molecule has 1 aromatic heterocycles. The lowest BCUT2D eigenvalue weighted by Crippen LogP contribution is -2.31. The van der Waals surface area contributed by atoms with Crippen molar-refractivity contribution in [2.75, 3.05) is 5.32 Å². The molecule has 1 N–H and O–H groups in total. The molecule has 6 heteroatoms. The van der Waals surface area contributed by atoms with E-state index >= 15 is 0 Å². The Bertz CT molecular complexity index is 1030. The normalized spacial score (nSPS) is 14.1. The van der Waals surface area contributed by atoms with Gasteiger partial charge in [-0.25, -0.2) is 0 Å². The third-order valence-corrected chi connectivity index (χ3v) is 6.40. The number of nitrogens with one attached hydrogen (secondary N) is 1. The SMILES string of the molecule is Cc1c(Cl)cccc1NC(=O)CC(c1cccs1)N1Cc2ccccc2C1=O. The van der Waals surface area contributed by atoms with Crippen LogP contribution in [-0.4, -0.2) is 16.7 Å². The fraction of sp³-hybridized carbons (Fsp3) is 0.182. The third-order valence-electron chi connectivity index (χ3n) is 5.02. The number of halogens is 1. The number of hydrogen-bond acceptors (Lipinski definition) is 3. The van der Waals surface area contributed by atoms with Crippen LogP contribution in [0.25, 0.3) is 0 Å². The molecule has 2 amide bonds. The molecule has 4 nitrogen and oxygen atoms in total. The Kier molecular flexibility index (Phi) is 5.20. The molecule has 0 aliphatic carbocycles. The summed E-state index contributed by atoms with van der Waals surface area (Å²) in [4.78, 5) is 28.6. The van der Waals surface area contributed by atoms with E-state index in [0.717, 1.165) is 21.6 Å². The predicted octanol–water partition coefficient (Wildman–Crippen LogP) is 5.44. The van der Waals surface area contributed by atoms with Gasteiger partial charge in [0.15, 0.2) is 0 Å². The van der Waals surface area contributed by atoms with Crippen LogP contribution in [0.15, 0.2) is 60.0 Å². The zero-order chi connectivity index (χ0) is 19.7. The zero-order valence-corrected chi connectivity index (χ0v) is 16.9. The summed E-state index contributed by atoms with van der Waals surface area (Å²) in [6.45, 7) is 2.39. The van der Waals surface area contributed by atoms with Gasteiger partial charge in [0.1, 0.15) is 0 Å². The van der Waals surface area contributed by atoms with Gasteiger partial charge in [0, 0.05) is 27.7 Å². The average molecular weight is 411 g/mol. The van der Waals surface area contributed by atoms with E-state index in [9.17, 15) is 9.59 Å². The molecule has 3 aromatic rings. The van der Waals surface area contributed by atoms with Gasteiger partial charge in [-0.15, -0.1) is 11.3 Å². The van der Waals surface area contributed by atoms with Crippen molar-refractivity contribution in [2.45, 2.75) is 25.9 Å². The minimum atomic E-state index is -0.306. The average Bonchev–Trinajstić information content (AvgIpc) is 3.33. The summed E-state index contributed by atoms with van der Waals surface area (Å²) in [5.74, 6) is -0.173. The molecule has 0 bridgehead atoms. The van der Waals surface area contributed by atoms with Gasteiger partial charge in [0.2, 0.25) is 5.91 Å². The molecule has 2 heterocycles. The number of thiophene rings is 1. The Labute approximate surface area is 172 Å². The first-order chi connectivity index (χ1) is 13.5. The highest BCUT2D eigenvalue weighted by Crippen LogP contribution is 2.35. The molecule has 1 aliphatic heterocycles. The molecular weight excluding hydrogens is 392 g/mol. The van der Waals surface area contributed by atoms with Crippen LogP contribution in [0.5, 0.6) is 0 Å². The van der Waals surface area contributed by atoms with Gasteiger partial charge in [0.25, 0.3) is 5.91 Å². The van der Waals surface area contributed by atoms with E-state index in [1.165, 1.54) is 0 Å². The van der Waals surface area contributed by atoms with Gasteiger partial charge in [-0.2, -0.15) is 0 Å². The molecule has 4 rings (SSSR count). The fourth-order valence-corrected chi connectivity index (χ4v) is 4.51. The van der Waals surface area contributed by atoms with Crippen LogP contribution >= 0.6 is 22.9 Å². The van der Waals surface area contributed by atoms with Crippen molar-refractivity contribution >= 4 is 40.4 Å². The predicted molar refractivity (Wildman–Crippen MR) is 113 cm³/mol. The van der Waals surface area contributed by atoms with Crippen molar-refractivity contribution in [3.63, 3.8) is 0 Å². The van der Waals surface area contributed by atoms with E-state index < -0.39 is 0 Å². The molecule has 0 radical (unpaired) electrons. The van der Waals surface area contributed by atoms with Gasteiger partial charge in [0.05, 0.1) is 12.5 Å². The summed E-state index contributed by atoms with van der Waals surface area (Å²) in [6, 6.07) is 16.7. The minimum absolute atomic E-state index is 0.0271. The third kappa shape index (κ3) is 3.55. The van der Waals surface area contributed by atoms with E-state index in [1.54, 1.807) is 22.3 Å².